The predicted molar refractivity (Wildman–Crippen MR) is 79.1 cm³/mol. The van der Waals surface area contributed by atoms with E-state index >= 15 is 0 Å². The van der Waals surface area contributed by atoms with Crippen molar-refractivity contribution in [3.63, 3.8) is 0 Å². The number of rotatable bonds is 5. The lowest BCUT2D eigenvalue weighted by molar-refractivity contribution is -0.0786. The SMILES string of the molecule is Cc1ccccc1OC[C@@H](O)CN1C[C@H](C)O[C@@H](C)C1. The first-order valence-corrected chi connectivity index (χ1v) is 7.29. The Kier molecular flexibility index (Phi) is 5.40. The average Bonchev–Trinajstić information content (AvgIpc) is 2.36. The maximum absolute atomic E-state index is 10.1. The first-order valence-electron chi connectivity index (χ1n) is 7.29. The van der Waals surface area contributed by atoms with Gasteiger partial charge in [-0.15, -0.1) is 0 Å². The fourth-order valence-electron chi connectivity index (χ4n) is 2.69. The molecule has 1 aromatic carbocycles. The summed E-state index contributed by atoms with van der Waals surface area (Å²) in [5, 5.41) is 10.1. The lowest BCUT2D eigenvalue weighted by Gasteiger charge is -2.36. The van der Waals surface area contributed by atoms with Gasteiger partial charge >= 0.3 is 0 Å². The minimum atomic E-state index is -0.480. The molecule has 0 bridgehead atoms. The molecule has 4 heteroatoms. The fourth-order valence-corrected chi connectivity index (χ4v) is 2.69. The van der Waals surface area contributed by atoms with Crippen molar-refractivity contribution in [3.05, 3.63) is 29.8 Å². The second kappa shape index (κ2) is 7.07. The third kappa shape index (κ3) is 4.47. The van der Waals surface area contributed by atoms with Crippen molar-refractivity contribution < 1.29 is 14.6 Å². The number of aliphatic hydroxyl groups is 1. The molecule has 0 aromatic heterocycles. The molecule has 0 spiro atoms. The Balaban J connectivity index is 1.78. The van der Waals surface area contributed by atoms with Gasteiger partial charge in [0.05, 0.1) is 12.2 Å². The van der Waals surface area contributed by atoms with Gasteiger partial charge in [-0.25, -0.2) is 0 Å². The van der Waals surface area contributed by atoms with Gasteiger partial charge in [0.1, 0.15) is 18.5 Å². The van der Waals surface area contributed by atoms with Gasteiger partial charge in [0.2, 0.25) is 0 Å². The van der Waals surface area contributed by atoms with Gasteiger partial charge in [-0.1, -0.05) is 18.2 Å². The molecular formula is C16H25NO3. The minimum Gasteiger partial charge on any atom is -0.491 e. The number of nitrogens with zero attached hydrogens (tertiary/aromatic N) is 1. The second-order valence-electron chi connectivity index (χ2n) is 5.71. The quantitative estimate of drug-likeness (QED) is 0.893. The third-order valence-electron chi connectivity index (χ3n) is 3.49. The highest BCUT2D eigenvalue weighted by Crippen LogP contribution is 2.17. The summed E-state index contributed by atoms with van der Waals surface area (Å²) in [7, 11) is 0. The smallest absolute Gasteiger partial charge is 0.122 e. The van der Waals surface area contributed by atoms with Crippen LogP contribution in [0.3, 0.4) is 0 Å². The lowest BCUT2D eigenvalue weighted by atomic mass is 10.2. The van der Waals surface area contributed by atoms with Crippen LogP contribution in [0, 0.1) is 6.92 Å². The Labute approximate surface area is 121 Å². The molecule has 1 aliphatic heterocycles. The van der Waals surface area contributed by atoms with E-state index in [-0.39, 0.29) is 12.2 Å². The summed E-state index contributed by atoms with van der Waals surface area (Å²) in [6.07, 6.45) is -0.0291. The molecule has 1 saturated heterocycles. The summed E-state index contributed by atoms with van der Waals surface area (Å²) in [6, 6.07) is 7.86. The van der Waals surface area contributed by atoms with E-state index < -0.39 is 6.10 Å². The molecule has 0 radical (unpaired) electrons. The molecule has 0 amide bonds. The number of hydrogen-bond acceptors (Lipinski definition) is 4. The molecule has 1 heterocycles. The molecule has 0 saturated carbocycles. The van der Waals surface area contributed by atoms with E-state index in [0.29, 0.717) is 13.2 Å². The van der Waals surface area contributed by atoms with E-state index in [2.05, 4.69) is 18.7 Å². The van der Waals surface area contributed by atoms with Gasteiger partial charge in [-0.2, -0.15) is 0 Å². The Morgan fingerprint density at radius 1 is 1.30 bits per heavy atom. The van der Waals surface area contributed by atoms with Gasteiger partial charge in [0, 0.05) is 19.6 Å². The van der Waals surface area contributed by atoms with Crippen LogP contribution in [-0.2, 0) is 4.74 Å². The van der Waals surface area contributed by atoms with Crippen molar-refractivity contribution in [1.82, 2.24) is 4.90 Å². The summed E-state index contributed by atoms with van der Waals surface area (Å²) in [5.74, 6) is 0.843. The van der Waals surface area contributed by atoms with Crippen LogP contribution < -0.4 is 4.74 Å². The van der Waals surface area contributed by atoms with Crippen molar-refractivity contribution >= 4 is 0 Å². The van der Waals surface area contributed by atoms with Gasteiger partial charge < -0.3 is 14.6 Å². The molecular weight excluding hydrogens is 254 g/mol. The molecule has 1 fully saturated rings. The van der Waals surface area contributed by atoms with Crippen LogP contribution in [0.4, 0.5) is 0 Å². The molecule has 1 aromatic rings. The average molecular weight is 279 g/mol. The molecule has 1 N–H and O–H groups in total. The monoisotopic (exact) mass is 279 g/mol. The highest BCUT2D eigenvalue weighted by atomic mass is 16.5. The number of β-amino-alcohol motifs (C(OH)–C–C–N with tert-alkyl or cyclic N) is 1. The summed E-state index contributed by atoms with van der Waals surface area (Å²) < 4.78 is 11.4. The van der Waals surface area contributed by atoms with E-state index in [1.165, 1.54) is 0 Å². The topological polar surface area (TPSA) is 41.9 Å². The number of aliphatic hydroxyl groups excluding tert-OH is 1. The molecule has 2 rings (SSSR count). The molecule has 3 atom stereocenters. The summed E-state index contributed by atoms with van der Waals surface area (Å²) in [4.78, 5) is 2.24. The number of morpholine rings is 1. The van der Waals surface area contributed by atoms with E-state index in [4.69, 9.17) is 9.47 Å². The van der Waals surface area contributed by atoms with Gasteiger partial charge in [-0.05, 0) is 32.4 Å². The molecule has 0 aliphatic carbocycles. The number of para-hydroxylation sites is 1. The van der Waals surface area contributed by atoms with Crippen LogP contribution in [0.5, 0.6) is 5.75 Å². The Morgan fingerprint density at radius 3 is 2.60 bits per heavy atom. The zero-order valence-corrected chi connectivity index (χ0v) is 12.6. The fraction of sp³-hybridized carbons (Fsp3) is 0.625. The van der Waals surface area contributed by atoms with Crippen LogP contribution in [0.25, 0.3) is 0 Å². The van der Waals surface area contributed by atoms with E-state index in [9.17, 15) is 5.11 Å². The minimum absolute atomic E-state index is 0.225. The van der Waals surface area contributed by atoms with Crippen LogP contribution in [0.2, 0.25) is 0 Å². The van der Waals surface area contributed by atoms with Crippen molar-refractivity contribution in [2.75, 3.05) is 26.2 Å². The van der Waals surface area contributed by atoms with Gasteiger partial charge in [0.25, 0.3) is 0 Å². The largest absolute Gasteiger partial charge is 0.491 e. The van der Waals surface area contributed by atoms with Crippen molar-refractivity contribution in [2.45, 2.75) is 39.1 Å². The molecule has 1 aliphatic rings. The second-order valence-corrected chi connectivity index (χ2v) is 5.71. The lowest BCUT2D eigenvalue weighted by Crippen LogP contribution is -2.48. The van der Waals surface area contributed by atoms with Gasteiger partial charge in [-0.3, -0.25) is 4.90 Å². The third-order valence-corrected chi connectivity index (χ3v) is 3.49. The van der Waals surface area contributed by atoms with Crippen LogP contribution in [-0.4, -0.2) is 54.6 Å². The Hall–Kier alpha value is -1.10. The van der Waals surface area contributed by atoms with Crippen LogP contribution in [0.15, 0.2) is 24.3 Å². The van der Waals surface area contributed by atoms with Crippen LogP contribution >= 0.6 is 0 Å². The predicted octanol–water partition coefficient (Wildman–Crippen LogP) is 1.84. The first-order chi connectivity index (χ1) is 9.54. The highest BCUT2D eigenvalue weighted by molar-refractivity contribution is 5.31. The Bertz CT molecular complexity index is 414. The highest BCUT2D eigenvalue weighted by Gasteiger charge is 2.23. The molecule has 20 heavy (non-hydrogen) atoms. The zero-order valence-electron chi connectivity index (χ0n) is 12.6. The van der Waals surface area contributed by atoms with E-state index in [1.54, 1.807) is 0 Å². The number of aryl methyl sites for hydroxylation is 1. The van der Waals surface area contributed by atoms with Crippen molar-refractivity contribution in [3.8, 4) is 5.75 Å². The van der Waals surface area contributed by atoms with Crippen molar-refractivity contribution in [1.29, 1.82) is 0 Å². The van der Waals surface area contributed by atoms with Crippen molar-refractivity contribution in [2.24, 2.45) is 0 Å². The van der Waals surface area contributed by atoms with Gasteiger partial charge in [0.15, 0.2) is 0 Å². The summed E-state index contributed by atoms with van der Waals surface area (Å²) in [6.45, 7) is 8.83. The molecule has 112 valence electrons. The standard InChI is InChI=1S/C16H25NO3/c1-12-6-4-5-7-16(12)19-11-15(18)10-17-8-13(2)20-14(3)9-17/h4-7,13-15,18H,8-11H2,1-3H3/t13-,14-,15-/m0/s1. The number of ether oxygens (including phenoxy) is 2. The van der Waals surface area contributed by atoms with Crippen LogP contribution in [0.1, 0.15) is 19.4 Å². The maximum Gasteiger partial charge on any atom is 0.122 e. The van der Waals surface area contributed by atoms with E-state index in [0.717, 1.165) is 24.4 Å². The summed E-state index contributed by atoms with van der Waals surface area (Å²) >= 11 is 0. The zero-order chi connectivity index (χ0) is 14.5. The first kappa shape index (κ1) is 15.3. The normalized spacial score (nSPS) is 25.4. The number of benzene rings is 1. The molecule has 0 unspecified atom stereocenters. The molecule has 4 nitrogen and oxygen atoms in total. The maximum atomic E-state index is 10.1. The Morgan fingerprint density at radius 2 is 1.95 bits per heavy atom. The van der Waals surface area contributed by atoms with E-state index in [1.807, 2.05) is 31.2 Å². The summed E-state index contributed by atoms with van der Waals surface area (Å²) in [5.41, 5.74) is 1.09. The number of hydrogen-bond donors (Lipinski definition) is 1.